The predicted octanol–water partition coefficient (Wildman–Crippen LogP) is 1.32. The van der Waals surface area contributed by atoms with E-state index >= 15 is 0 Å². The summed E-state index contributed by atoms with van der Waals surface area (Å²) in [6, 6.07) is 1.76. The summed E-state index contributed by atoms with van der Waals surface area (Å²) in [4.78, 5) is 9.18. The Bertz CT molecular complexity index is 649. The summed E-state index contributed by atoms with van der Waals surface area (Å²) in [6.45, 7) is 0. The number of nitrogens with zero attached hydrogens (tertiary/aromatic N) is 1. The fraction of sp³-hybridized carbons (Fsp3) is 0.500. The molecule has 2 atom stereocenters. The van der Waals surface area contributed by atoms with Crippen LogP contribution in [0.25, 0.3) is 0 Å². The van der Waals surface area contributed by atoms with Gasteiger partial charge in [0.25, 0.3) is 0 Å². The SMILES string of the molecule is O=[N+]([O-])c1ccc(S(=O)(=O)N[C@@H]2CCCC[C@H]2O)cc1F. The molecular weight excluding hydrogens is 303 g/mol. The van der Waals surface area contributed by atoms with E-state index in [1.165, 1.54) is 0 Å². The molecule has 1 aromatic rings. The Kier molecular flexibility index (Phi) is 4.55. The predicted molar refractivity (Wildman–Crippen MR) is 71.6 cm³/mol. The van der Waals surface area contributed by atoms with E-state index in [4.69, 9.17) is 0 Å². The van der Waals surface area contributed by atoms with Crippen molar-refractivity contribution in [3.63, 3.8) is 0 Å². The third kappa shape index (κ3) is 3.55. The topological polar surface area (TPSA) is 110 Å². The zero-order valence-corrected chi connectivity index (χ0v) is 11.8. The number of rotatable bonds is 4. The van der Waals surface area contributed by atoms with Gasteiger partial charge in [0.1, 0.15) is 0 Å². The van der Waals surface area contributed by atoms with E-state index in [0.29, 0.717) is 18.9 Å². The quantitative estimate of drug-likeness (QED) is 0.642. The Morgan fingerprint density at radius 2 is 2.00 bits per heavy atom. The van der Waals surface area contributed by atoms with Gasteiger partial charge in [-0.25, -0.2) is 13.1 Å². The molecule has 1 aliphatic carbocycles. The highest BCUT2D eigenvalue weighted by molar-refractivity contribution is 7.89. The van der Waals surface area contributed by atoms with E-state index in [1.54, 1.807) is 0 Å². The van der Waals surface area contributed by atoms with Crippen LogP contribution in [0.3, 0.4) is 0 Å². The van der Waals surface area contributed by atoms with Gasteiger partial charge in [0.2, 0.25) is 15.8 Å². The number of hydrogen-bond donors (Lipinski definition) is 2. The lowest BCUT2D eigenvalue weighted by Crippen LogP contribution is -2.44. The summed E-state index contributed by atoms with van der Waals surface area (Å²) >= 11 is 0. The van der Waals surface area contributed by atoms with Gasteiger partial charge in [-0.3, -0.25) is 10.1 Å². The fourth-order valence-corrected chi connectivity index (χ4v) is 3.63. The molecule has 116 valence electrons. The van der Waals surface area contributed by atoms with E-state index in [-0.39, 0.29) is 0 Å². The average Bonchev–Trinajstić information content (AvgIpc) is 2.40. The Morgan fingerprint density at radius 1 is 1.33 bits per heavy atom. The molecule has 0 saturated heterocycles. The highest BCUT2D eigenvalue weighted by Crippen LogP contribution is 2.23. The van der Waals surface area contributed by atoms with Crippen LogP contribution in [0.2, 0.25) is 0 Å². The maximum atomic E-state index is 13.5. The van der Waals surface area contributed by atoms with Gasteiger partial charge in [-0.1, -0.05) is 12.8 Å². The number of benzene rings is 1. The molecule has 2 N–H and O–H groups in total. The van der Waals surface area contributed by atoms with E-state index in [9.17, 15) is 28.0 Å². The van der Waals surface area contributed by atoms with Crippen molar-refractivity contribution in [1.29, 1.82) is 0 Å². The third-order valence-corrected chi connectivity index (χ3v) is 4.95. The molecule has 0 bridgehead atoms. The molecule has 1 aromatic carbocycles. The van der Waals surface area contributed by atoms with Crippen LogP contribution < -0.4 is 4.72 Å². The molecule has 0 aliphatic heterocycles. The van der Waals surface area contributed by atoms with Crippen LogP contribution in [0.15, 0.2) is 23.1 Å². The zero-order chi connectivity index (χ0) is 15.6. The van der Waals surface area contributed by atoms with Crippen molar-refractivity contribution >= 4 is 15.7 Å². The normalized spacial score (nSPS) is 23.0. The minimum atomic E-state index is -4.03. The second kappa shape index (κ2) is 6.04. The maximum Gasteiger partial charge on any atom is 0.304 e. The standard InChI is InChI=1S/C12H15FN2O5S/c13-9-7-8(5-6-11(9)15(17)18)21(19,20)14-10-3-1-2-4-12(10)16/h5-7,10,12,14,16H,1-4H2/t10-,12-/m1/s1. The van der Waals surface area contributed by atoms with Gasteiger partial charge in [0, 0.05) is 18.2 Å². The molecule has 21 heavy (non-hydrogen) atoms. The minimum absolute atomic E-state index is 0.400. The highest BCUT2D eigenvalue weighted by Gasteiger charge is 2.29. The van der Waals surface area contributed by atoms with Crippen LogP contribution in [0.4, 0.5) is 10.1 Å². The summed E-state index contributed by atoms with van der Waals surface area (Å²) in [5.74, 6) is -1.22. The summed E-state index contributed by atoms with van der Waals surface area (Å²) in [5, 5.41) is 20.3. The minimum Gasteiger partial charge on any atom is -0.391 e. The van der Waals surface area contributed by atoms with Crippen LogP contribution in [0, 0.1) is 15.9 Å². The van der Waals surface area contributed by atoms with Gasteiger partial charge in [0.15, 0.2) is 0 Å². The van der Waals surface area contributed by atoms with Crippen LogP contribution in [-0.2, 0) is 10.0 Å². The molecule has 0 spiro atoms. The van der Waals surface area contributed by atoms with Crippen molar-refractivity contribution in [1.82, 2.24) is 4.72 Å². The van der Waals surface area contributed by atoms with E-state index < -0.39 is 43.5 Å². The number of hydrogen-bond acceptors (Lipinski definition) is 5. The lowest BCUT2D eigenvalue weighted by Gasteiger charge is -2.28. The Morgan fingerprint density at radius 3 is 2.57 bits per heavy atom. The van der Waals surface area contributed by atoms with E-state index in [0.717, 1.165) is 25.0 Å². The fourth-order valence-electron chi connectivity index (χ4n) is 2.32. The van der Waals surface area contributed by atoms with Gasteiger partial charge in [-0.2, -0.15) is 4.39 Å². The molecule has 1 saturated carbocycles. The van der Waals surface area contributed by atoms with Crippen molar-refractivity contribution in [3.05, 3.63) is 34.1 Å². The number of nitro benzene ring substituents is 1. The van der Waals surface area contributed by atoms with Gasteiger partial charge < -0.3 is 5.11 Å². The lowest BCUT2D eigenvalue weighted by molar-refractivity contribution is -0.387. The molecule has 0 heterocycles. The van der Waals surface area contributed by atoms with Crippen LogP contribution in [0.1, 0.15) is 25.7 Å². The smallest absolute Gasteiger partial charge is 0.304 e. The molecule has 9 heteroatoms. The third-order valence-electron chi connectivity index (χ3n) is 3.46. The Balaban J connectivity index is 2.23. The van der Waals surface area contributed by atoms with Gasteiger partial charge in [-0.05, 0) is 18.9 Å². The Hall–Kier alpha value is -1.58. The highest BCUT2D eigenvalue weighted by atomic mass is 32.2. The van der Waals surface area contributed by atoms with Crippen molar-refractivity contribution in [3.8, 4) is 0 Å². The van der Waals surface area contributed by atoms with Crippen LogP contribution in [0.5, 0.6) is 0 Å². The molecule has 1 fully saturated rings. The number of halogens is 1. The number of nitrogens with one attached hydrogen (secondary N) is 1. The molecule has 0 unspecified atom stereocenters. The summed E-state index contributed by atoms with van der Waals surface area (Å²) in [6.07, 6.45) is 1.83. The first-order chi connectivity index (χ1) is 9.81. The maximum absolute atomic E-state index is 13.5. The van der Waals surface area contributed by atoms with E-state index in [2.05, 4.69) is 4.72 Å². The van der Waals surface area contributed by atoms with Gasteiger partial charge >= 0.3 is 5.69 Å². The largest absolute Gasteiger partial charge is 0.391 e. The first kappa shape index (κ1) is 15.8. The molecule has 0 aromatic heterocycles. The number of aliphatic hydroxyl groups excluding tert-OH is 1. The summed E-state index contributed by atoms with van der Waals surface area (Å²) < 4.78 is 40.1. The molecule has 7 nitrogen and oxygen atoms in total. The van der Waals surface area contributed by atoms with Crippen LogP contribution >= 0.6 is 0 Å². The Labute approximate surface area is 121 Å². The van der Waals surface area contributed by atoms with Crippen molar-refractivity contribution < 1.29 is 22.8 Å². The lowest BCUT2D eigenvalue weighted by atomic mass is 9.93. The molecule has 1 aliphatic rings. The second-order valence-corrected chi connectivity index (χ2v) is 6.66. The molecule has 0 amide bonds. The van der Waals surface area contributed by atoms with E-state index in [1.807, 2.05) is 0 Å². The van der Waals surface area contributed by atoms with Gasteiger partial charge in [-0.15, -0.1) is 0 Å². The van der Waals surface area contributed by atoms with Crippen molar-refractivity contribution in [2.75, 3.05) is 0 Å². The van der Waals surface area contributed by atoms with Gasteiger partial charge in [0.05, 0.1) is 15.9 Å². The zero-order valence-electron chi connectivity index (χ0n) is 11.0. The first-order valence-corrected chi connectivity index (χ1v) is 7.94. The molecular formula is C12H15FN2O5S. The number of aliphatic hydroxyl groups is 1. The summed E-state index contributed by atoms with van der Waals surface area (Å²) in [7, 11) is -4.03. The number of sulfonamides is 1. The average molecular weight is 318 g/mol. The summed E-state index contributed by atoms with van der Waals surface area (Å²) in [5.41, 5.74) is -0.786. The molecule has 2 rings (SSSR count). The van der Waals surface area contributed by atoms with Crippen LogP contribution in [-0.4, -0.2) is 30.6 Å². The monoisotopic (exact) mass is 318 g/mol. The number of nitro groups is 1. The van der Waals surface area contributed by atoms with Crippen molar-refractivity contribution in [2.24, 2.45) is 0 Å². The second-order valence-electron chi connectivity index (χ2n) is 4.95. The van der Waals surface area contributed by atoms with Crippen molar-refractivity contribution in [2.45, 2.75) is 42.7 Å². The molecule has 0 radical (unpaired) electrons. The first-order valence-electron chi connectivity index (χ1n) is 6.45.